The van der Waals surface area contributed by atoms with Crippen LogP contribution in [0.1, 0.15) is 36.1 Å². The maximum Gasteiger partial charge on any atom is 0.251 e. The molecule has 2 amide bonds. The van der Waals surface area contributed by atoms with Crippen LogP contribution >= 0.6 is 69.8 Å². The number of rotatable bonds is 8. The second-order valence-corrected chi connectivity index (χ2v) is 9.97. The fourth-order valence-corrected chi connectivity index (χ4v) is 4.64. The molecule has 3 rings (SSSR count). The SMILES string of the molecule is CCn1c(SCC(=O)Nc2cc(Cl)c(Cl)cc2Cl)nnc1[C@H](C)NC(=O)c1ccc(Cl)c(Cl)c1. The van der Waals surface area contributed by atoms with Gasteiger partial charge in [-0.25, -0.2) is 0 Å². The highest BCUT2D eigenvalue weighted by Gasteiger charge is 2.21. The summed E-state index contributed by atoms with van der Waals surface area (Å²) < 4.78 is 1.82. The van der Waals surface area contributed by atoms with E-state index in [0.717, 1.165) is 0 Å². The monoisotopic (exact) mass is 579 g/mol. The van der Waals surface area contributed by atoms with E-state index in [0.29, 0.717) is 38.8 Å². The van der Waals surface area contributed by atoms with Gasteiger partial charge in [-0.1, -0.05) is 69.8 Å². The fourth-order valence-electron chi connectivity index (χ4n) is 2.94. The lowest BCUT2D eigenvalue weighted by molar-refractivity contribution is -0.113. The number of amides is 2. The first-order valence-corrected chi connectivity index (χ1v) is 12.7. The summed E-state index contributed by atoms with van der Waals surface area (Å²) >= 11 is 31.1. The van der Waals surface area contributed by atoms with Crippen LogP contribution in [0.15, 0.2) is 35.5 Å². The zero-order valence-corrected chi connectivity index (χ0v) is 22.4. The van der Waals surface area contributed by atoms with E-state index < -0.39 is 6.04 Å². The standard InChI is InChI=1S/C21H18Cl5N5O2S/c1-3-31-19(10(2)27-20(33)11-4-5-12(22)13(23)6-11)29-30-21(31)34-9-18(32)28-17-8-15(25)14(24)7-16(17)26/h4-8,10H,3,9H2,1-2H3,(H,27,33)(H,28,32)/t10-/m0/s1. The summed E-state index contributed by atoms with van der Waals surface area (Å²) in [6, 6.07) is 7.13. The van der Waals surface area contributed by atoms with E-state index in [2.05, 4.69) is 20.8 Å². The molecule has 34 heavy (non-hydrogen) atoms. The molecular weight excluding hydrogens is 564 g/mol. The number of halogens is 5. The summed E-state index contributed by atoms with van der Waals surface area (Å²) in [5, 5.41) is 16.0. The molecule has 0 aliphatic heterocycles. The van der Waals surface area contributed by atoms with Gasteiger partial charge in [-0.3, -0.25) is 9.59 Å². The number of benzene rings is 2. The highest BCUT2D eigenvalue weighted by molar-refractivity contribution is 7.99. The Kier molecular flexibility index (Phi) is 9.37. The summed E-state index contributed by atoms with van der Waals surface area (Å²) in [6.45, 7) is 4.25. The smallest absolute Gasteiger partial charge is 0.251 e. The van der Waals surface area contributed by atoms with Gasteiger partial charge in [0.05, 0.1) is 42.6 Å². The molecule has 2 aromatic carbocycles. The van der Waals surface area contributed by atoms with Gasteiger partial charge in [0.15, 0.2) is 11.0 Å². The van der Waals surface area contributed by atoms with Crippen molar-refractivity contribution < 1.29 is 9.59 Å². The van der Waals surface area contributed by atoms with Gasteiger partial charge in [-0.05, 0) is 44.2 Å². The summed E-state index contributed by atoms with van der Waals surface area (Å²) in [5.74, 6) is -0.0350. The summed E-state index contributed by atoms with van der Waals surface area (Å²) in [5.41, 5.74) is 0.731. The van der Waals surface area contributed by atoms with E-state index in [1.165, 1.54) is 30.0 Å². The van der Waals surface area contributed by atoms with Crippen LogP contribution in [0.5, 0.6) is 0 Å². The van der Waals surface area contributed by atoms with Crippen molar-refractivity contribution in [1.82, 2.24) is 20.1 Å². The number of hydrogen-bond donors (Lipinski definition) is 2. The number of nitrogens with zero attached hydrogens (tertiary/aromatic N) is 3. The number of thioether (sulfide) groups is 1. The third kappa shape index (κ3) is 6.50. The van der Waals surface area contributed by atoms with Crippen LogP contribution in [-0.2, 0) is 11.3 Å². The van der Waals surface area contributed by atoms with Crippen LogP contribution in [0.2, 0.25) is 25.1 Å². The van der Waals surface area contributed by atoms with E-state index in [1.54, 1.807) is 19.1 Å². The Balaban J connectivity index is 1.65. The number of carbonyl (C=O) groups is 2. The fraction of sp³-hybridized carbons (Fsp3) is 0.238. The first kappa shape index (κ1) is 26.9. The Bertz CT molecular complexity index is 1240. The van der Waals surface area contributed by atoms with Crippen LogP contribution < -0.4 is 10.6 Å². The van der Waals surface area contributed by atoms with Crippen molar-refractivity contribution in [2.24, 2.45) is 0 Å². The molecule has 13 heteroatoms. The molecule has 0 bridgehead atoms. The lowest BCUT2D eigenvalue weighted by Gasteiger charge is -2.15. The van der Waals surface area contributed by atoms with Crippen molar-refractivity contribution >= 4 is 87.3 Å². The van der Waals surface area contributed by atoms with E-state index in [1.807, 2.05) is 11.5 Å². The van der Waals surface area contributed by atoms with Crippen molar-refractivity contribution in [3.8, 4) is 0 Å². The first-order chi connectivity index (χ1) is 16.1. The molecule has 0 aliphatic rings. The number of hydrogen-bond acceptors (Lipinski definition) is 5. The maximum absolute atomic E-state index is 12.6. The molecule has 1 heterocycles. The molecule has 1 atom stereocenters. The minimum atomic E-state index is -0.451. The molecule has 0 saturated heterocycles. The van der Waals surface area contributed by atoms with Gasteiger partial charge in [0.1, 0.15) is 0 Å². The van der Waals surface area contributed by atoms with Crippen molar-refractivity contribution in [2.45, 2.75) is 31.6 Å². The molecular formula is C21H18Cl5N5O2S. The Morgan fingerprint density at radius 2 is 1.65 bits per heavy atom. The molecule has 0 aliphatic carbocycles. The maximum atomic E-state index is 12.6. The third-order valence-electron chi connectivity index (χ3n) is 4.59. The first-order valence-electron chi connectivity index (χ1n) is 9.86. The molecule has 7 nitrogen and oxygen atoms in total. The number of aromatic nitrogens is 3. The van der Waals surface area contributed by atoms with Gasteiger partial charge in [-0.2, -0.15) is 0 Å². The Morgan fingerprint density at radius 1 is 0.971 bits per heavy atom. The number of nitrogens with one attached hydrogen (secondary N) is 2. The second-order valence-electron chi connectivity index (χ2n) is 6.99. The Morgan fingerprint density at radius 3 is 2.32 bits per heavy atom. The molecule has 0 spiro atoms. The van der Waals surface area contributed by atoms with Gasteiger partial charge in [0.2, 0.25) is 5.91 Å². The van der Waals surface area contributed by atoms with Crippen molar-refractivity contribution in [3.05, 3.63) is 66.8 Å². The molecule has 0 radical (unpaired) electrons. The van der Waals surface area contributed by atoms with E-state index in [4.69, 9.17) is 58.0 Å². The molecule has 1 aromatic heterocycles. The molecule has 0 unspecified atom stereocenters. The van der Waals surface area contributed by atoms with Crippen molar-refractivity contribution in [2.75, 3.05) is 11.1 Å². The second kappa shape index (κ2) is 11.8. The third-order valence-corrected chi connectivity index (χ3v) is 7.34. The molecule has 180 valence electrons. The number of anilines is 1. The summed E-state index contributed by atoms with van der Waals surface area (Å²) in [6.07, 6.45) is 0. The number of carbonyl (C=O) groups excluding carboxylic acids is 2. The molecule has 3 aromatic rings. The van der Waals surface area contributed by atoms with Crippen LogP contribution in [0.4, 0.5) is 5.69 Å². The Hall–Kier alpha value is -1.68. The summed E-state index contributed by atoms with van der Waals surface area (Å²) in [4.78, 5) is 25.0. The van der Waals surface area contributed by atoms with Crippen LogP contribution in [0, 0.1) is 0 Å². The lowest BCUT2D eigenvalue weighted by atomic mass is 10.2. The van der Waals surface area contributed by atoms with Gasteiger partial charge < -0.3 is 15.2 Å². The van der Waals surface area contributed by atoms with Crippen LogP contribution in [-0.4, -0.2) is 32.3 Å². The van der Waals surface area contributed by atoms with Crippen LogP contribution in [0.25, 0.3) is 0 Å². The highest BCUT2D eigenvalue weighted by atomic mass is 35.5. The largest absolute Gasteiger partial charge is 0.342 e. The van der Waals surface area contributed by atoms with Gasteiger partial charge in [-0.15, -0.1) is 10.2 Å². The molecule has 2 N–H and O–H groups in total. The molecule has 0 saturated carbocycles. The predicted octanol–water partition coefficient (Wildman–Crippen LogP) is 6.79. The minimum absolute atomic E-state index is 0.0543. The topological polar surface area (TPSA) is 88.9 Å². The quantitative estimate of drug-likeness (QED) is 0.226. The van der Waals surface area contributed by atoms with E-state index in [9.17, 15) is 9.59 Å². The Labute approximate surface area is 225 Å². The average molecular weight is 582 g/mol. The highest BCUT2D eigenvalue weighted by Crippen LogP contribution is 2.32. The van der Waals surface area contributed by atoms with Crippen LogP contribution in [0.3, 0.4) is 0 Å². The van der Waals surface area contributed by atoms with Crippen molar-refractivity contribution in [1.29, 1.82) is 0 Å². The average Bonchev–Trinajstić information content (AvgIpc) is 3.21. The molecule has 0 fully saturated rings. The summed E-state index contributed by atoms with van der Waals surface area (Å²) in [7, 11) is 0. The normalized spacial score (nSPS) is 11.9. The van der Waals surface area contributed by atoms with Gasteiger partial charge in [0, 0.05) is 12.1 Å². The van der Waals surface area contributed by atoms with E-state index in [-0.39, 0.29) is 32.6 Å². The van der Waals surface area contributed by atoms with Gasteiger partial charge >= 0.3 is 0 Å². The zero-order valence-electron chi connectivity index (χ0n) is 17.8. The predicted molar refractivity (Wildman–Crippen MR) is 139 cm³/mol. The minimum Gasteiger partial charge on any atom is -0.342 e. The van der Waals surface area contributed by atoms with E-state index >= 15 is 0 Å². The lowest BCUT2D eigenvalue weighted by Crippen LogP contribution is -2.28. The zero-order chi connectivity index (χ0) is 25.0. The van der Waals surface area contributed by atoms with Gasteiger partial charge in [0.25, 0.3) is 5.91 Å². The van der Waals surface area contributed by atoms with Crippen molar-refractivity contribution in [3.63, 3.8) is 0 Å².